The van der Waals surface area contributed by atoms with Gasteiger partial charge in [-0.15, -0.1) is 0 Å². The van der Waals surface area contributed by atoms with E-state index < -0.39 is 0 Å². The van der Waals surface area contributed by atoms with Gasteiger partial charge in [-0.1, -0.05) is 12.1 Å². The molecule has 5 heteroatoms. The van der Waals surface area contributed by atoms with Crippen LogP contribution in [0.25, 0.3) is 0 Å². The molecule has 0 aromatic carbocycles. The van der Waals surface area contributed by atoms with Crippen molar-refractivity contribution in [2.24, 2.45) is 16.8 Å². The van der Waals surface area contributed by atoms with E-state index in [-0.39, 0.29) is 0 Å². The van der Waals surface area contributed by atoms with Crippen LogP contribution in [0.2, 0.25) is 0 Å². The van der Waals surface area contributed by atoms with Gasteiger partial charge in [0.1, 0.15) is 0 Å². The molecule has 0 aliphatic heterocycles. The SMILES string of the molecule is CC(CSCCN)CSCCN=O. The van der Waals surface area contributed by atoms with Crippen molar-refractivity contribution in [3.8, 4) is 0 Å². The van der Waals surface area contributed by atoms with Crippen molar-refractivity contribution in [3.63, 3.8) is 0 Å². The first kappa shape index (κ1) is 13.3. The van der Waals surface area contributed by atoms with Crippen LogP contribution in [0.1, 0.15) is 6.92 Å². The molecule has 3 nitrogen and oxygen atoms in total. The minimum atomic E-state index is 0.438. The number of thioether (sulfide) groups is 2. The molecule has 0 spiro atoms. The van der Waals surface area contributed by atoms with Crippen molar-refractivity contribution in [1.82, 2.24) is 0 Å². The molecular formula is C8H18N2OS2. The normalized spacial score (nSPS) is 12.8. The van der Waals surface area contributed by atoms with Gasteiger partial charge in [0.15, 0.2) is 0 Å². The molecule has 0 aliphatic rings. The second-order valence-corrected chi connectivity index (χ2v) is 5.20. The average molecular weight is 222 g/mol. The summed E-state index contributed by atoms with van der Waals surface area (Å²) in [7, 11) is 0. The van der Waals surface area contributed by atoms with E-state index in [2.05, 4.69) is 12.1 Å². The van der Waals surface area contributed by atoms with Gasteiger partial charge in [-0.25, -0.2) is 0 Å². The van der Waals surface area contributed by atoms with E-state index in [1.807, 2.05) is 11.8 Å². The van der Waals surface area contributed by atoms with Gasteiger partial charge in [0.25, 0.3) is 0 Å². The maximum absolute atomic E-state index is 9.78. The average Bonchev–Trinajstić information content (AvgIpc) is 2.13. The highest BCUT2D eigenvalue weighted by Crippen LogP contribution is 2.13. The quantitative estimate of drug-likeness (QED) is 0.477. The maximum Gasteiger partial charge on any atom is 0.0901 e. The number of hydrogen-bond donors (Lipinski definition) is 1. The van der Waals surface area contributed by atoms with E-state index in [0.717, 1.165) is 23.8 Å². The second-order valence-electron chi connectivity index (χ2n) is 2.90. The molecule has 78 valence electrons. The van der Waals surface area contributed by atoms with Gasteiger partial charge >= 0.3 is 0 Å². The molecule has 1 atom stereocenters. The van der Waals surface area contributed by atoms with Crippen LogP contribution >= 0.6 is 23.5 Å². The summed E-state index contributed by atoms with van der Waals surface area (Å²) in [4.78, 5) is 9.78. The molecule has 1 unspecified atom stereocenters. The molecule has 0 bridgehead atoms. The first-order chi connectivity index (χ1) is 6.31. The Morgan fingerprint density at radius 1 is 1.31 bits per heavy atom. The third-order valence-electron chi connectivity index (χ3n) is 1.39. The number of nitrogens with zero attached hydrogens (tertiary/aromatic N) is 1. The molecule has 0 aliphatic carbocycles. The molecular weight excluding hydrogens is 204 g/mol. The fraction of sp³-hybridized carbons (Fsp3) is 1.00. The highest BCUT2D eigenvalue weighted by Gasteiger charge is 2.01. The molecule has 0 radical (unpaired) electrons. The highest BCUT2D eigenvalue weighted by atomic mass is 32.2. The zero-order valence-corrected chi connectivity index (χ0v) is 9.70. The van der Waals surface area contributed by atoms with Gasteiger partial charge < -0.3 is 5.73 Å². The summed E-state index contributed by atoms with van der Waals surface area (Å²) in [6.07, 6.45) is 0. The fourth-order valence-corrected chi connectivity index (χ4v) is 2.70. The van der Waals surface area contributed by atoms with Crippen LogP contribution in [-0.4, -0.2) is 36.1 Å². The Morgan fingerprint density at radius 3 is 2.46 bits per heavy atom. The highest BCUT2D eigenvalue weighted by molar-refractivity contribution is 8.00. The van der Waals surface area contributed by atoms with Gasteiger partial charge in [-0.05, 0) is 17.4 Å². The smallest absolute Gasteiger partial charge is 0.0901 e. The lowest BCUT2D eigenvalue weighted by Crippen LogP contribution is -2.07. The van der Waals surface area contributed by atoms with Gasteiger partial charge in [0, 0.05) is 18.1 Å². The Kier molecular flexibility index (Phi) is 10.5. The summed E-state index contributed by atoms with van der Waals surface area (Å²) in [5.41, 5.74) is 5.38. The van der Waals surface area contributed by atoms with Crippen LogP contribution in [0.4, 0.5) is 0 Å². The summed E-state index contributed by atoms with van der Waals surface area (Å²) in [5, 5.41) is 2.82. The Bertz CT molecular complexity index is 125. The second kappa shape index (κ2) is 10.3. The number of nitroso groups, excluding NO2 is 1. The minimum absolute atomic E-state index is 0.438. The third-order valence-corrected chi connectivity index (χ3v) is 4.00. The lowest BCUT2D eigenvalue weighted by molar-refractivity contribution is 0.763. The Balaban J connectivity index is 3.09. The summed E-state index contributed by atoms with van der Waals surface area (Å²) >= 11 is 3.71. The predicted molar refractivity (Wildman–Crippen MR) is 63.5 cm³/mol. The summed E-state index contributed by atoms with van der Waals surface area (Å²) in [5.74, 6) is 4.89. The maximum atomic E-state index is 9.78. The van der Waals surface area contributed by atoms with Crippen molar-refractivity contribution in [3.05, 3.63) is 4.91 Å². The van der Waals surface area contributed by atoms with Gasteiger partial charge in [0.05, 0.1) is 6.54 Å². The Labute approximate surface area is 88.6 Å². The molecule has 2 N–H and O–H groups in total. The fourth-order valence-electron chi connectivity index (χ4n) is 0.802. The van der Waals surface area contributed by atoms with Crippen molar-refractivity contribution >= 4 is 23.5 Å². The number of nitrogens with two attached hydrogens (primary N) is 1. The molecule has 0 saturated carbocycles. The molecule has 0 saturated heterocycles. The molecule has 0 fully saturated rings. The van der Waals surface area contributed by atoms with Crippen LogP contribution in [-0.2, 0) is 0 Å². The predicted octanol–water partition coefficient (Wildman–Crippen LogP) is 1.81. The largest absolute Gasteiger partial charge is 0.330 e. The Hall–Kier alpha value is 0.260. The summed E-state index contributed by atoms with van der Waals surface area (Å²) in [6.45, 7) is 3.43. The number of hydrogen-bond acceptors (Lipinski definition) is 5. The van der Waals surface area contributed by atoms with Gasteiger partial charge in [0.2, 0.25) is 0 Å². The summed E-state index contributed by atoms with van der Waals surface area (Å²) < 4.78 is 0. The van der Waals surface area contributed by atoms with E-state index in [0.29, 0.717) is 12.5 Å². The van der Waals surface area contributed by atoms with E-state index in [1.165, 1.54) is 5.75 Å². The molecule has 0 rings (SSSR count). The lowest BCUT2D eigenvalue weighted by Gasteiger charge is -2.09. The van der Waals surface area contributed by atoms with Crippen LogP contribution in [0.5, 0.6) is 0 Å². The van der Waals surface area contributed by atoms with Crippen LogP contribution in [0.3, 0.4) is 0 Å². The lowest BCUT2D eigenvalue weighted by atomic mass is 10.3. The van der Waals surface area contributed by atoms with Crippen molar-refractivity contribution in [2.45, 2.75) is 6.92 Å². The standard InChI is InChI=1S/C8H18N2OS2/c1-8(6-12-4-2-9)7-13-5-3-10-11/h8H,2-7,9H2,1H3. The first-order valence-corrected chi connectivity index (χ1v) is 6.76. The van der Waals surface area contributed by atoms with Crippen molar-refractivity contribution in [2.75, 3.05) is 36.1 Å². The van der Waals surface area contributed by atoms with Crippen molar-refractivity contribution < 1.29 is 0 Å². The van der Waals surface area contributed by atoms with Gasteiger partial charge in [-0.2, -0.15) is 28.4 Å². The van der Waals surface area contributed by atoms with Crippen LogP contribution < -0.4 is 5.73 Å². The molecule has 0 aromatic rings. The van der Waals surface area contributed by atoms with E-state index in [4.69, 9.17) is 5.73 Å². The topological polar surface area (TPSA) is 55.4 Å². The Morgan fingerprint density at radius 2 is 1.92 bits per heavy atom. The molecule has 0 aromatic heterocycles. The molecule has 0 heterocycles. The van der Waals surface area contributed by atoms with E-state index in [1.54, 1.807) is 11.8 Å². The summed E-state index contributed by atoms with van der Waals surface area (Å²) in [6, 6.07) is 0. The van der Waals surface area contributed by atoms with Crippen LogP contribution in [0.15, 0.2) is 5.18 Å². The van der Waals surface area contributed by atoms with E-state index in [9.17, 15) is 4.91 Å². The third kappa shape index (κ3) is 10.2. The molecule has 13 heavy (non-hydrogen) atoms. The van der Waals surface area contributed by atoms with Gasteiger partial charge in [-0.3, -0.25) is 0 Å². The van der Waals surface area contributed by atoms with Crippen LogP contribution in [0, 0.1) is 10.8 Å². The monoisotopic (exact) mass is 222 g/mol. The van der Waals surface area contributed by atoms with E-state index >= 15 is 0 Å². The first-order valence-electron chi connectivity index (χ1n) is 4.46. The van der Waals surface area contributed by atoms with Crippen molar-refractivity contribution in [1.29, 1.82) is 0 Å². The minimum Gasteiger partial charge on any atom is -0.330 e. The number of rotatable bonds is 9. The molecule has 0 amide bonds. The zero-order chi connectivity index (χ0) is 9.94. The zero-order valence-electron chi connectivity index (χ0n) is 8.07.